The van der Waals surface area contributed by atoms with Gasteiger partial charge in [0.05, 0.1) is 12.7 Å². The highest BCUT2D eigenvalue weighted by molar-refractivity contribution is 5.51. The molecule has 1 aliphatic heterocycles. The van der Waals surface area contributed by atoms with Gasteiger partial charge < -0.3 is 14.6 Å². The fraction of sp³-hybridized carbons (Fsp3) is 0.444. The van der Waals surface area contributed by atoms with Crippen molar-refractivity contribution in [2.75, 3.05) is 13.7 Å². The highest BCUT2D eigenvalue weighted by atomic mass is 16.5. The Morgan fingerprint density at radius 1 is 1.33 bits per heavy atom. The number of rotatable bonds is 4. The first kappa shape index (κ1) is 16.0. The summed E-state index contributed by atoms with van der Waals surface area (Å²) in [5.41, 5.74) is 2.15. The number of benzene rings is 1. The standard InChI is InChI=1S/C18H24O3/c1-13(8-7-11-15-9-5-4-6-10-15)18-16(19)17(20-3)14(2)12-21-18/h4-11,14,16-19H,12H2,1-3H3/t14-,16+,17-,18-/m0/s1. The van der Waals surface area contributed by atoms with E-state index in [1.165, 1.54) is 0 Å². The van der Waals surface area contributed by atoms with Crippen molar-refractivity contribution < 1.29 is 14.6 Å². The van der Waals surface area contributed by atoms with Gasteiger partial charge in [-0.05, 0) is 18.1 Å². The molecule has 0 spiro atoms. The maximum atomic E-state index is 10.4. The molecule has 3 nitrogen and oxygen atoms in total. The number of aliphatic hydroxyl groups is 1. The molecule has 4 atom stereocenters. The Bertz CT molecular complexity index is 492. The minimum absolute atomic E-state index is 0.176. The van der Waals surface area contributed by atoms with Crippen LogP contribution in [0.25, 0.3) is 6.08 Å². The van der Waals surface area contributed by atoms with Gasteiger partial charge in [-0.2, -0.15) is 0 Å². The van der Waals surface area contributed by atoms with Crippen molar-refractivity contribution in [2.24, 2.45) is 5.92 Å². The highest BCUT2D eigenvalue weighted by Gasteiger charge is 2.37. The van der Waals surface area contributed by atoms with Crippen LogP contribution in [0.15, 0.2) is 48.1 Å². The SMILES string of the molecule is CO[C@@H]1[C@@H](O)[C@H](C(C)=CC=Cc2ccccc2)OC[C@@H]1C. The topological polar surface area (TPSA) is 38.7 Å². The molecule has 0 amide bonds. The van der Waals surface area contributed by atoms with E-state index < -0.39 is 6.10 Å². The van der Waals surface area contributed by atoms with Gasteiger partial charge in [0.1, 0.15) is 12.2 Å². The van der Waals surface area contributed by atoms with E-state index in [-0.39, 0.29) is 18.1 Å². The molecule has 21 heavy (non-hydrogen) atoms. The lowest BCUT2D eigenvalue weighted by Crippen LogP contribution is -2.50. The normalized spacial score (nSPS) is 30.8. The Kier molecular flexibility index (Phi) is 5.74. The van der Waals surface area contributed by atoms with Crippen molar-refractivity contribution in [3.63, 3.8) is 0 Å². The molecular formula is C18H24O3. The van der Waals surface area contributed by atoms with Crippen molar-refractivity contribution in [1.82, 2.24) is 0 Å². The van der Waals surface area contributed by atoms with E-state index in [4.69, 9.17) is 9.47 Å². The molecule has 2 rings (SSSR count). The molecule has 1 aromatic carbocycles. The molecule has 1 aliphatic rings. The second kappa shape index (κ2) is 7.55. The lowest BCUT2D eigenvalue weighted by molar-refractivity contribution is -0.158. The zero-order valence-corrected chi connectivity index (χ0v) is 12.9. The van der Waals surface area contributed by atoms with E-state index >= 15 is 0 Å². The third kappa shape index (κ3) is 4.03. The Labute approximate surface area is 126 Å². The molecule has 0 unspecified atom stereocenters. The molecule has 1 fully saturated rings. The van der Waals surface area contributed by atoms with E-state index in [9.17, 15) is 5.11 Å². The summed E-state index contributed by atoms with van der Waals surface area (Å²) in [4.78, 5) is 0. The van der Waals surface area contributed by atoms with Crippen LogP contribution in [0, 0.1) is 5.92 Å². The Morgan fingerprint density at radius 2 is 2.05 bits per heavy atom. The smallest absolute Gasteiger partial charge is 0.110 e. The summed E-state index contributed by atoms with van der Waals surface area (Å²) >= 11 is 0. The van der Waals surface area contributed by atoms with Gasteiger partial charge in [0.15, 0.2) is 0 Å². The number of aliphatic hydroxyl groups excluding tert-OH is 1. The first-order chi connectivity index (χ1) is 10.1. The van der Waals surface area contributed by atoms with Crippen LogP contribution < -0.4 is 0 Å². The average Bonchev–Trinajstić information content (AvgIpc) is 2.48. The van der Waals surface area contributed by atoms with E-state index in [0.717, 1.165) is 11.1 Å². The number of hydrogen-bond acceptors (Lipinski definition) is 3. The van der Waals surface area contributed by atoms with Crippen LogP contribution in [0.3, 0.4) is 0 Å². The molecule has 114 valence electrons. The molecule has 3 heteroatoms. The van der Waals surface area contributed by atoms with Crippen LogP contribution >= 0.6 is 0 Å². The summed E-state index contributed by atoms with van der Waals surface area (Å²) in [5, 5.41) is 10.4. The quantitative estimate of drug-likeness (QED) is 0.865. The third-order valence-corrected chi connectivity index (χ3v) is 3.91. The van der Waals surface area contributed by atoms with Crippen molar-refractivity contribution in [3.8, 4) is 0 Å². The van der Waals surface area contributed by atoms with Crippen molar-refractivity contribution >= 4 is 6.08 Å². The largest absolute Gasteiger partial charge is 0.387 e. The first-order valence-electron chi connectivity index (χ1n) is 7.36. The van der Waals surface area contributed by atoms with Crippen molar-refractivity contribution in [2.45, 2.75) is 32.2 Å². The first-order valence-corrected chi connectivity index (χ1v) is 7.36. The Balaban J connectivity index is 2.03. The van der Waals surface area contributed by atoms with Gasteiger partial charge in [0.2, 0.25) is 0 Å². The maximum Gasteiger partial charge on any atom is 0.110 e. The fourth-order valence-electron chi connectivity index (χ4n) is 2.70. The summed E-state index contributed by atoms with van der Waals surface area (Å²) in [6, 6.07) is 10.1. The van der Waals surface area contributed by atoms with Gasteiger partial charge >= 0.3 is 0 Å². The summed E-state index contributed by atoms with van der Waals surface area (Å²) in [7, 11) is 1.64. The molecule has 0 aromatic heterocycles. The van der Waals surface area contributed by atoms with Gasteiger partial charge in [-0.1, -0.05) is 55.5 Å². The van der Waals surface area contributed by atoms with E-state index in [1.54, 1.807) is 7.11 Å². The Hall–Kier alpha value is -1.42. The number of allylic oxidation sites excluding steroid dienone is 2. The van der Waals surface area contributed by atoms with E-state index in [0.29, 0.717) is 6.61 Å². The highest BCUT2D eigenvalue weighted by Crippen LogP contribution is 2.26. The molecule has 1 N–H and O–H groups in total. The van der Waals surface area contributed by atoms with Crippen LogP contribution in [-0.2, 0) is 9.47 Å². The van der Waals surface area contributed by atoms with Gasteiger partial charge in [-0.15, -0.1) is 0 Å². The average molecular weight is 288 g/mol. The lowest BCUT2D eigenvalue weighted by Gasteiger charge is -2.38. The van der Waals surface area contributed by atoms with Gasteiger partial charge in [0, 0.05) is 13.0 Å². The van der Waals surface area contributed by atoms with Gasteiger partial charge in [-0.3, -0.25) is 0 Å². The lowest BCUT2D eigenvalue weighted by atomic mass is 9.90. The van der Waals surface area contributed by atoms with Gasteiger partial charge in [-0.25, -0.2) is 0 Å². The monoisotopic (exact) mass is 288 g/mol. The summed E-state index contributed by atoms with van der Waals surface area (Å²) in [6.07, 6.45) is 4.91. The summed E-state index contributed by atoms with van der Waals surface area (Å²) in [6.45, 7) is 4.61. The Morgan fingerprint density at radius 3 is 2.71 bits per heavy atom. The summed E-state index contributed by atoms with van der Waals surface area (Å²) < 4.78 is 11.2. The fourth-order valence-corrected chi connectivity index (χ4v) is 2.70. The van der Waals surface area contributed by atoms with E-state index in [1.807, 2.05) is 62.4 Å². The number of methoxy groups -OCH3 is 1. The maximum absolute atomic E-state index is 10.4. The zero-order valence-electron chi connectivity index (χ0n) is 12.9. The second-order valence-electron chi connectivity index (χ2n) is 5.60. The van der Waals surface area contributed by atoms with Crippen LogP contribution in [0.1, 0.15) is 19.4 Å². The van der Waals surface area contributed by atoms with Crippen LogP contribution in [0.5, 0.6) is 0 Å². The number of hydrogen-bond donors (Lipinski definition) is 1. The van der Waals surface area contributed by atoms with Crippen LogP contribution in [0.2, 0.25) is 0 Å². The molecule has 1 heterocycles. The van der Waals surface area contributed by atoms with Crippen LogP contribution in [-0.4, -0.2) is 37.1 Å². The molecule has 0 aliphatic carbocycles. The molecule has 1 saturated heterocycles. The van der Waals surface area contributed by atoms with Crippen LogP contribution in [0.4, 0.5) is 0 Å². The number of ether oxygens (including phenoxy) is 2. The molecule has 0 bridgehead atoms. The van der Waals surface area contributed by atoms with E-state index in [2.05, 4.69) is 0 Å². The summed E-state index contributed by atoms with van der Waals surface area (Å²) in [5.74, 6) is 0.203. The third-order valence-electron chi connectivity index (χ3n) is 3.91. The predicted molar refractivity (Wildman–Crippen MR) is 84.9 cm³/mol. The molecule has 1 aromatic rings. The van der Waals surface area contributed by atoms with Gasteiger partial charge in [0.25, 0.3) is 0 Å². The van der Waals surface area contributed by atoms with Crippen molar-refractivity contribution in [1.29, 1.82) is 0 Å². The molecule has 0 radical (unpaired) electrons. The molecule has 0 saturated carbocycles. The molecular weight excluding hydrogens is 264 g/mol. The minimum atomic E-state index is -0.625. The zero-order chi connectivity index (χ0) is 15.2. The van der Waals surface area contributed by atoms with Crippen molar-refractivity contribution in [3.05, 3.63) is 53.6 Å². The minimum Gasteiger partial charge on any atom is -0.387 e. The predicted octanol–water partition coefficient (Wildman–Crippen LogP) is 3.06. The second-order valence-corrected chi connectivity index (χ2v) is 5.60.